The molecule has 1 atom stereocenters. The van der Waals surface area contributed by atoms with Crippen molar-refractivity contribution < 1.29 is 9.53 Å². The van der Waals surface area contributed by atoms with Crippen molar-refractivity contribution in [1.82, 2.24) is 9.97 Å². The molecule has 1 unspecified atom stereocenters. The minimum absolute atomic E-state index is 0.0816. The zero-order chi connectivity index (χ0) is 12.1. The highest BCUT2D eigenvalue weighted by Gasteiger charge is 2.17. The molecular weight excluding hydrogens is 206 g/mol. The van der Waals surface area contributed by atoms with E-state index < -0.39 is 5.97 Å². The van der Waals surface area contributed by atoms with Crippen LogP contribution in [0.5, 0.6) is 0 Å². The van der Waals surface area contributed by atoms with Crippen LogP contribution in [-0.4, -0.2) is 22.0 Å². The summed E-state index contributed by atoms with van der Waals surface area (Å²) in [5, 5.41) is 0. The SMILES string of the molecule is CC(C)CC(C)OC(=O)c1nccnc1N. The van der Waals surface area contributed by atoms with E-state index in [9.17, 15) is 4.79 Å². The quantitative estimate of drug-likeness (QED) is 0.785. The Labute approximate surface area is 95.0 Å². The second-order valence-electron chi connectivity index (χ2n) is 4.14. The summed E-state index contributed by atoms with van der Waals surface area (Å²) in [6.45, 7) is 5.99. The molecular formula is C11H17N3O2. The standard InChI is InChI=1S/C11H17N3O2/c1-7(2)6-8(3)16-11(15)9-10(12)14-5-4-13-9/h4-5,7-8H,6H2,1-3H3,(H2,12,14). The largest absolute Gasteiger partial charge is 0.458 e. The summed E-state index contributed by atoms with van der Waals surface area (Å²) in [5.41, 5.74) is 5.61. The molecule has 0 bridgehead atoms. The zero-order valence-electron chi connectivity index (χ0n) is 9.80. The monoisotopic (exact) mass is 223 g/mol. The molecule has 0 fully saturated rings. The van der Waals surface area contributed by atoms with Crippen molar-refractivity contribution in [3.63, 3.8) is 0 Å². The van der Waals surface area contributed by atoms with Gasteiger partial charge in [-0.25, -0.2) is 14.8 Å². The normalized spacial score (nSPS) is 12.5. The Balaban J connectivity index is 2.63. The molecule has 0 aliphatic rings. The van der Waals surface area contributed by atoms with Crippen LogP contribution in [0.1, 0.15) is 37.7 Å². The van der Waals surface area contributed by atoms with Gasteiger partial charge in [0.05, 0.1) is 6.10 Å². The first-order valence-electron chi connectivity index (χ1n) is 5.28. The molecule has 0 aromatic carbocycles. The molecule has 0 aliphatic heterocycles. The lowest BCUT2D eigenvalue weighted by Gasteiger charge is -2.14. The third-order valence-electron chi connectivity index (χ3n) is 2.03. The van der Waals surface area contributed by atoms with Gasteiger partial charge in [-0.2, -0.15) is 0 Å². The van der Waals surface area contributed by atoms with Crippen LogP contribution in [0.15, 0.2) is 12.4 Å². The van der Waals surface area contributed by atoms with Crippen LogP contribution in [0.25, 0.3) is 0 Å². The van der Waals surface area contributed by atoms with Gasteiger partial charge < -0.3 is 10.5 Å². The summed E-state index contributed by atoms with van der Waals surface area (Å²) < 4.78 is 5.21. The van der Waals surface area contributed by atoms with E-state index >= 15 is 0 Å². The van der Waals surface area contributed by atoms with Gasteiger partial charge in [0, 0.05) is 12.4 Å². The fourth-order valence-corrected chi connectivity index (χ4v) is 1.46. The van der Waals surface area contributed by atoms with Crippen LogP contribution in [0.2, 0.25) is 0 Å². The van der Waals surface area contributed by atoms with E-state index in [0.717, 1.165) is 6.42 Å². The predicted molar refractivity (Wildman–Crippen MR) is 60.8 cm³/mol. The Bertz CT molecular complexity index is 366. The number of ether oxygens (including phenoxy) is 1. The molecule has 88 valence electrons. The number of rotatable bonds is 4. The maximum Gasteiger partial charge on any atom is 0.361 e. The second-order valence-corrected chi connectivity index (χ2v) is 4.14. The number of anilines is 1. The summed E-state index contributed by atoms with van der Waals surface area (Å²) in [6.07, 6.45) is 3.52. The molecule has 1 aromatic heterocycles. The fourth-order valence-electron chi connectivity index (χ4n) is 1.46. The number of esters is 1. The van der Waals surface area contributed by atoms with E-state index in [1.807, 2.05) is 6.92 Å². The van der Waals surface area contributed by atoms with Crippen LogP contribution in [0.3, 0.4) is 0 Å². The van der Waals surface area contributed by atoms with E-state index in [1.54, 1.807) is 0 Å². The highest BCUT2D eigenvalue weighted by atomic mass is 16.5. The lowest BCUT2D eigenvalue weighted by molar-refractivity contribution is 0.0294. The van der Waals surface area contributed by atoms with Crippen molar-refractivity contribution in [3.05, 3.63) is 18.1 Å². The predicted octanol–water partition coefficient (Wildman–Crippen LogP) is 1.65. The number of aromatic nitrogens is 2. The van der Waals surface area contributed by atoms with Gasteiger partial charge in [-0.3, -0.25) is 0 Å². The third kappa shape index (κ3) is 3.49. The lowest BCUT2D eigenvalue weighted by atomic mass is 10.1. The number of nitrogen functional groups attached to an aromatic ring is 1. The van der Waals surface area contributed by atoms with Gasteiger partial charge in [0.15, 0.2) is 11.5 Å². The highest BCUT2D eigenvalue weighted by molar-refractivity contribution is 5.91. The van der Waals surface area contributed by atoms with Crippen molar-refractivity contribution in [2.75, 3.05) is 5.73 Å². The number of carbonyl (C=O) groups excluding carboxylic acids is 1. The van der Waals surface area contributed by atoms with Gasteiger partial charge in [0.1, 0.15) is 0 Å². The van der Waals surface area contributed by atoms with E-state index in [-0.39, 0.29) is 17.6 Å². The summed E-state index contributed by atoms with van der Waals surface area (Å²) in [5.74, 6) is 0.0602. The molecule has 0 amide bonds. The molecule has 5 nitrogen and oxygen atoms in total. The van der Waals surface area contributed by atoms with Crippen LogP contribution in [0.4, 0.5) is 5.82 Å². The Morgan fingerprint density at radius 3 is 2.56 bits per heavy atom. The topological polar surface area (TPSA) is 78.1 Å². The average Bonchev–Trinajstić information content (AvgIpc) is 2.16. The van der Waals surface area contributed by atoms with Gasteiger partial charge in [-0.05, 0) is 19.3 Å². The molecule has 0 aliphatic carbocycles. The van der Waals surface area contributed by atoms with Crippen LogP contribution < -0.4 is 5.73 Å². The number of hydrogen-bond donors (Lipinski definition) is 1. The molecule has 1 aromatic rings. The fraction of sp³-hybridized carbons (Fsp3) is 0.545. The first-order valence-corrected chi connectivity index (χ1v) is 5.28. The summed E-state index contributed by atoms with van der Waals surface area (Å²) >= 11 is 0. The molecule has 0 saturated carbocycles. The van der Waals surface area contributed by atoms with E-state index in [1.165, 1.54) is 12.4 Å². The summed E-state index contributed by atoms with van der Waals surface area (Å²) in [4.78, 5) is 19.3. The van der Waals surface area contributed by atoms with Gasteiger partial charge >= 0.3 is 5.97 Å². The number of carbonyl (C=O) groups is 1. The van der Waals surface area contributed by atoms with Crippen LogP contribution in [-0.2, 0) is 4.74 Å². The van der Waals surface area contributed by atoms with Gasteiger partial charge in [-0.15, -0.1) is 0 Å². The first-order chi connectivity index (χ1) is 7.50. The second kappa shape index (κ2) is 5.44. The maximum absolute atomic E-state index is 11.7. The van der Waals surface area contributed by atoms with Crippen LogP contribution in [0, 0.1) is 5.92 Å². The number of nitrogens with two attached hydrogens (primary N) is 1. The molecule has 0 radical (unpaired) electrons. The average molecular weight is 223 g/mol. The Kier molecular flexibility index (Phi) is 4.22. The van der Waals surface area contributed by atoms with E-state index in [0.29, 0.717) is 5.92 Å². The highest BCUT2D eigenvalue weighted by Crippen LogP contribution is 2.11. The van der Waals surface area contributed by atoms with E-state index in [2.05, 4.69) is 23.8 Å². The van der Waals surface area contributed by atoms with Crippen molar-refractivity contribution in [2.24, 2.45) is 5.92 Å². The first kappa shape index (κ1) is 12.4. The van der Waals surface area contributed by atoms with Crippen molar-refractivity contribution in [1.29, 1.82) is 0 Å². The maximum atomic E-state index is 11.7. The molecule has 2 N–H and O–H groups in total. The molecule has 5 heteroatoms. The Morgan fingerprint density at radius 2 is 2.00 bits per heavy atom. The van der Waals surface area contributed by atoms with E-state index in [4.69, 9.17) is 10.5 Å². The zero-order valence-corrected chi connectivity index (χ0v) is 9.80. The smallest absolute Gasteiger partial charge is 0.361 e. The summed E-state index contributed by atoms with van der Waals surface area (Å²) in [6, 6.07) is 0. The van der Waals surface area contributed by atoms with Crippen LogP contribution >= 0.6 is 0 Å². The summed E-state index contributed by atoms with van der Waals surface area (Å²) in [7, 11) is 0. The van der Waals surface area contributed by atoms with Gasteiger partial charge in [0.25, 0.3) is 0 Å². The molecule has 16 heavy (non-hydrogen) atoms. The van der Waals surface area contributed by atoms with Crippen molar-refractivity contribution >= 4 is 11.8 Å². The van der Waals surface area contributed by atoms with Gasteiger partial charge in [-0.1, -0.05) is 13.8 Å². The Morgan fingerprint density at radius 1 is 1.38 bits per heavy atom. The molecule has 0 spiro atoms. The minimum atomic E-state index is -0.515. The minimum Gasteiger partial charge on any atom is -0.458 e. The van der Waals surface area contributed by atoms with Gasteiger partial charge in [0.2, 0.25) is 0 Å². The molecule has 0 saturated heterocycles. The molecule has 1 rings (SSSR count). The number of nitrogens with zero attached hydrogens (tertiary/aromatic N) is 2. The molecule has 1 heterocycles. The third-order valence-corrected chi connectivity index (χ3v) is 2.03. The lowest BCUT2D eigenvalue weighted by Crippen LogP contribution is -2.19. The number of hydrogen-bond acceptors (Lipinski definition) is 5. The van der Waals surface area contributed by atoms with Crippen molar-refractivity contribution in [3.8, 4) is 0 Å². The Hall–Kier alpha value is -1.65. The van der Waals surface area contributed by atoms with Crippen molar-refractivity contribution in [2.45, 2.75) is 33.3 Å².